The van der Waals surface area contributed by atoms with Gasteiger partial charge in [0.15, 0.2) is 0 Å². The Morgan fingerprint density at radius 3 is 2.83 bits per heavy atom. The summed E-state index contributed by atoms with van der Waals surface area (Å²) in [5, 5.41) is 0.949. The first-order valence-electron chi connectivity index (χ1n) is 6.73. The number of H-pyrrole nitrogens is 1. The molecule has 3 aromatic rings. The highest BCUT2D eigenvalue weighted by molar-refractivity contribution is 6.32. The normalized spacial score (nSPS) is 10.7. The topological polar surface area (TPSA) is 98.1 Å². The lowest BCUT2D eigenvalue weighted by molar-refractivity contribution is 0.0999. The molecule has 0 aliphatic rings. The number of aromatic amines is 1. The quantitative estimate of drug-likeness (QED) is 0.767. The molecular weight excluding hydrogens is 318 g/mol. The molecular formula is C16H12ClN3O3. The molecule has 0 radical (unpaired) electrons. The summed E-state index contributed by atoms with van der Waals surface area (Å²) in [6, 6.07) is 10.1. The largest absolute Gasteiger partial charge is 0.486 e. The second-order valence-electron chi connectivity index (χ2n) is 4.86. The Balaban J connectivity index is 1.96. The molecule has 3 N–H and O–H groups in total. The highest BCUT2D eigenvalue weighted by atomic mass is 35.5. The zero-order chi connectivity index (χ0) is 16.4. The van der Waals surface area contributed by atoms with Crippen LogP contribution in [0.15, 0.2) is 47.4 Å². The van der Waals surface area contributed by atoms with Gasteiger partial charge in [-0.2, -0.15) is 0 Å². The number of halogens is 1. The molecule has 0 spiro atoms. The third-order valence-electron chi connectivity index (χ3n) is 3.26. The zero-order valence-corrected chi connectivity index (χ0v) is 12.6. The van der Waals surface area contributed by atoms with E-state index < -0.39 is 11.5 Å². The van der Waals surface area contributed by atoms with E-state index >= 15 is 0 Å². The first kappa shape index (κ1) is 15.1. The molecule has 116 valence electrons. The highest BCUT2D eigenvalue weighted by Gasteiger charge is 2.11. The van der Waals surface area contributed by atoms with Gasteiger partial charge in [0.25, 0.3) is 11.5 Å². The Morgan fingerprint density at radius 1 is 1.30 bits per heavy atom. The third-order valence-corrected chi connectivity index (χ3v) is 3.56. The van der Waals surface area contributed by atoms with Crippen molar-refractivity contribution in [3.05, 3.63) is 69.2 Å². The monoisotopic (exact) mass is 329 g/mol. The molecule has 0 fully saturated rings. The van der Waals surface area contributed by atoms with Crippen LogP contribution in [0, 0.1) is 0 Å². The number of nitrogens with one attached hydrogen (secondary N) is 1. The van der Waals surface area contributed by atoms with Crippen molar-refractivity contribution in [2.24, 2.45) is 5.73 Å². The Hall–Kier alpha value is -2.86. The molecule has 7 heteroatoms. The fourth-order valence-corrected chi connectivity index (χ4v) is 2.36. The van der Waals surface area contributed by atoms with Gasteiger partial charge in [0.05, 0.1) is 16.2 Å². The van der Waals surface area contributed by atoms with Crippen LogP contribution >= 0.6 is 11.6 Å². The predicted octanol–water partition coefficient (Wildman–Crippen LogP) is 2.25. The number of hydrogen-bond donors (Lipinski definition) is 2. The smallest absolute Gasteiger partial charge is 0.261 e. The summed E-state index contributed by atoms with van der Waals surface area (Å²) in [5.41, 5.74) is 5.75. The number of fused-ring (bicyclic) bond motifs is 1. The van der Waals surface area contributed by atoms with E-state index in [2.05, 4.69) is 9.97 Å². The SMILES string of the molecule is NC(=O)c1cc2cc(Cl)c(OCc3ccccn3)cc2[nH]c1=O. The van der Waals surface area contributed by atoms with E-state index in [0.717, 1.165) is 5.69 Å². The van der Waals surface area contributed by atoms with Crippen LogP contribution in [0.2, 0.25) is 5.02 Å². The average molecular weight is 330 g/mol. The van der Waals surface area contributed by atoms with Gasteiger partial charge in [-0.15, -0.1) is 0 Å². The van der Waals surface area contributed by atoms with Gasteiger partial charge < -0.3 is 15.5 Å². The van der Waals surface area contributed by atoms with Crippen molar-refractivity contribution < 1.29 is 9.53 Å². The Bertz CT molecular complexity index is 938. The molecule has 0 aliphatic heterocycles. The fourth-order valence-electron chi connectivity index (χ4n) is 2.14. The minimum Gasteiger partial charge on any atom is -0.486 e. The van der Waals surface area contributed by atoms with Crippen LogP contribution in [0.25, 0.3) is 10.9 Å². The summed E-state index contributed by atoms with van der Waals surface area (Å²) in [6.07, 6.45) is 1.67. The predicted molar refractivity (Wildman–Crippen MR) is 86.7 cm³/mol. The highest BCUT2D eigenvalue weighted by Crippen LogP contribution is 2.29. The van der Waals surface area contributed by atoms with Crippen molar-refractivity contribution >= 4 is 28.4 Å². The average Bonchev–Trinajstić information content (AvgIpc) is 2.53. The van der Waals surface area contributed by atoms with Crippen LogP contribution in [0.4, 0.5) is 0 Å². The lowest BCUT2D eigenvalue weighted by atomic mass is 10.1. The number of nitrogens with two attached hydrogens (primary N) is 1. The van der Waals surface area contributed by atoms with Crippen LogP contribution in [-0.2, 0) is 6.61 Å². The van der Waals surface area contributed by atoms with Gasteiger partial charge in [-0.05, 0) is 24.3 Å². The maximum atomic E-state index is 11.8. The molecule has 0 saturated carbocycles. The summed E-state index contributed by atoms with van der Waals surface area (Å²) >= 11 is 6.19. The number of aromatic nitrogens is 2. The van der Waals surface area contributed by atoms with E-state index in [1.54, 1.807) is 18.3 Å². The summed E-state index contributed by atoms with van der Waals surface area (Å²) in [4.78, 5) is 29.8. The van der Waals surface area contributed by atoms with Gasteiger partial charge in [0, 0.05) is 17.6 Å². The molecule has 0 saturated heterocycles. The number of hydrogen-bond acceptors (Lipinski definition) is 4. The maximum Gasteiger partial charge on any atom is 0.261 e. The number of benzene rings is 1. The van der Waals surface area contributed by atoms with Crippen molar-refractivity contribution in [2.75, 3.05) is 0 Å². The Kier molecular flexibility index (Phi) is 3.99. The second kappa shape index (κ2) is 6.10. The van der Waals surface area contributed by atoms with Crippen molar-refractivity contribution in [3.63, 3.8) is 0 Å². The Labute approximate surface area is 135 Å². The number of nitrogens with zero attached hydrogens (tertiary/aromatic N) is 1. The summed E-state index contributed by atoms with van der Waals surface area (Å²) in [7, 11) is 0. The van der Waals surface area contributed by atoms with Crippen molar-refractivity contribution in [1.29, 1.82) is 0 Å². The minimum atomic E-state index is -0.792. The zero-order valence-electron chi connectivity index (χ0n) is 11.9. The van der Waals surface area contributed by atoms with E-state index in [1.807, 2.05) is 18.2 Å². The summed E-state index contributed by atoms with van der Waals surface area (Å²) in [6.45, 7) is 0.246. The molecule has 23 heavy (non-hydrogen) atoms. The summed E-state index contributed by atoms with van der Waals surface area (Å²) < 4.78 is 5.64. The first-order valence-corrected chi connectivity index (χ1v) is 7.11. The Morgan fingerprint density at radius 2 is 2.13 bits per heavy atom. The molecule has 2 aromatic heterocycles. The lowest BCUT2D eigenvalue weighted by Crippen LogP contribution is -2.23. The van der Waals surface area contributed by atoms with E-state index in [0.29, 0.717) is 21.7 Å². The molecule has 0 atom stereocenters. The van der Waals surface area contributed by atoms with Crippen LogP contribution in [0.5, 0.6) is 5.75 Å². The van der Waals surface area contributed by atoms with Crippen LogP contribution in [-0.4, -0.2) is 15.9 Å². The molecule has 1 aromatic carbocycles. The third kappa shape index (κ3) is 3.17. The number of amides is 1. The van der Waals surface area contributed by atoms with E-state index in [9.17, 15) is 9.59 Å². The molecule has 3 rings (SSSR count). The molecule has 1 amide bonds. The van der Waals surface area contributed by atoms with Gasteiger partial charge in [-0.25, -0.2) is 0 Å². The fraction of sp³-hybridized carbons (Fsp3) is 0.0625. The van der Waals surface area contributed by atoms with Gasteiger partial charge >= 0.3 is 0 Å². The van der Waals surface area contributed by atoms with Crippen LogP contribution < -0.4 is 16.0 Å². The molecule has 0 bridgehead atoms. The number of carbonyl (C=O) groups is 1. The van der Waals surface area contributed by atoms with Gasteiger partial charge in [0.2, 0.25) is 0 Å². The second-order valence-corrected chi connectivity index (χ2v) is 5.26. The van der Waals surface area contributed by atoms with Gasteiger partial charge in [-0.1, -0.05) is 17.7 Å². The number of rotatable bonds is 4. The maximum absolute atomic E-state index is 11.8. The minimum absolute atomic E-state index is 0.115. The lowest BCUT2D eigenvalue weighted by Gasteiger charge is -2.09. The molecule has 0 unspecified atom stereocenters. The first-order chi connectivity index (χ1) is 11.0. The van der Waals surface area contributed by atoms with E-state index in [1.165, 1.54) is 6.07 Å². The summed E-state index contributed by atoms with van der Waals surface area (Å²) in [5.74, 6) is -0.382. The standard InChI is InChI=1S/C16H12ClN3O3/c17-12-6-9-5-11(15(18)21)16(22)20-13(9)7-14(12)23-8-10-3-1-2-4-19-10/h1-7H,8H2,(H2,18,21)(H,20,22). The molecule has 0 aliphatic carbocycles. The van der Waals surface area contributed by atoms with Crippen LogP contribution in [0.3, 0.4) is 0 Å². The van der Waals surface area contributed by atoms with Gasteiger partial charge in [-0.3, -0.25) is 14.6 Å². The number of carbonyl (C=O) groups excluding carboxylic acids is 1. The molecule has 2 heterocycles. The van der Waals surface area contributed by atoms with Gasteiger partial charge in [0.1, 0.15) is 17.9 Å². The van der Waals surface area contributed by atoms with Crippen molar-refractivity contribution in [2.45, 2.75) is 6.61 Å². The van der Waals surface area contributed by atoms with Crippen molar-refractivity contribution in [1.82, 2.24) is 9.97 Å². The van der Waals surface area contributed by atoms with Crippen molar-refractivity contribution in [3.8, 4) is 5.75 Å². The number of primary amides is 1. The number of ether oxygens (including phenoxy) is 1. The van der Waals surface area contributed by atoms with Crippen LogP contribution in [0.1, 0.15) is 16.1 Å². The van der Waals surface area contributed by atoms with E-state index in [4.69, 9.17) is 22.1 Å². The number of pyridine rings is 2. The molecule has 6 nitrogen and oxygen atoms in total. The van der Waals surface area contributed by atoms with E-state index in [-0.39, 0.29) is 12.2 Å².